The minimum absolute atomic E-state index is 0.380. The van der Waals surface area contributed by atoms with E-state index in [1.165, 1.54) is 12.8 Å². The summed E-state index contributed by atoms with van der Waals surface area (Å²) in [5, 5.41) is 3.71. The third-order valence-electron chi connectivity index (χ3n) is 3.97. The number of nitrogens with zero attached hydrogens (tertiary/aromatic N) is 1. The quantitative estimate of drug-likeness (QED) is 0.772. The van der Waals surface area contributed by atoms with E-state index >= 15 is 0 Å². The van der Waals surface area contributed by atoms with Crippen molar-refractivity contribution in [1.82, 2.24) is 10.2 Å². The minimum Gasteiger partial charge on any atom is -0.381 e. The fraction of sp³-hybridized carbons (Fsp3) is 1.00. The van der Waals surface area contributed by atoms with Gasteiger partial charge in [0.15, 0.2) is 0 Å². The molecule has 3 atom stereocenters. The first-order valence-corrected chi connectivity index (χ1v) is 7.44. The number of rotatable bonds is 6. The Morgan fingerprint density at radius 1 is 1.39 bits per heavy atom. The molecule has 0 spiro atoms. The molecule has 0 aromatic carbocycles. The second kappa shape index (κ2) is 7.43. The fourth-order valence-corrected chi connectivity index (χ4v) is 2.91. The molecule has 3 unspecified atom stereocenters. The molecular formula is C14H28N2O2. The molecule has 2 aliphatic rings. The Bertz CT molecular complexity index is 232. The Morgan fingerprint density at radius 3 is 2.94 bits per heavy atom. The molecule has 2 fully saturated rings. The molecule has 4 heteroatoms. The zero-order chi connectivity index (χ0) is 12.8. The van der Waals surface area contributed by atoms with Crippen LogP contribution in [-0.4, -0.2) is 63.0 Å². The maximum Gasteiger partial charge on any atom is 0.0674 e. The van der Waals surface area contributed by atoms with Gasteiger partial charge in [0.05, 0.1) is 19.3 Å². The standard InChI is InChI=1S/C14H28N2O2/c1-3-5-15-14(13-4-7-17-11-13)10-16-6-8-18-12(2)9-16/h12-15H,3-11H2,1-2H3. The highest BCUT2D eigenvalue weighted by Gasteiger charge is 2.28. The number of hydrogen-bond acceptors (Lipinski definition) is 4. The minimum atomic E-state index is 0.380. The van der Waals surface area contributed by atoms with Crippen LogP contribution in [0.15, 0.2) is 0 Å². The van der Waals surface area contributed by atoms with Crippen molar-refractivity contribution in [3.05, 3.63) is 0 Å². The van der Waals surface area contributed by atoms with Crippen molar-refractivity contribution < 1.29 is 9.47 Å². The van der Waals surface area contributed by atoms with E-state index in [-0.39, 0.29) is 0 Å². The Morgan fingerprint density at radius 2 is 2.28 bits per heavy atom. The Labute approximate surface area is 111 Å². The predicted octanol–water partition coefficient (Wildman–Crippen LogP) is 1.11. The van der Waals surface area contributed by atoms with Crippen LogP contribution in [0.5, 0.6) is 0 Å². The van der Waals surface area contributed by atoms with E-state index in [0.717, 1.165) is 46.0 Å². The van der Waals surface area contributed by atoms with Gasteiger partial charge >= 0.3 is 0 Å². The van der Waals surface area contributed by atoms with Crippen molar-refractivity contribution in [3.63, 3.8) is 0 Å². The van der Waals surface area contributed by atoms with Crippen molar-refractivity contribution in [2.75, 3.05) is 46.0 Å². The van der Waals surface area contributed by atoms with E-state index in [2.05, 4.69) is 24.1 Å². The van der Waals surface area contributed by atoms with E-state index in [9.17, 15) is 0 Å². The number of hydrogen-bond donors (Lipinski definition) is 1. The molecule has 2 saturated heterocycles. The van der Waals surface area contributed by atoms with Crippen molar-refractivity contribution >= 4 is 0 Å². The molecule has 1 N–H and O–H groups in total. The van der Waals surface area contributed by atoms with Gasteiger partial charge in [-0.1, -0.05) is 6.92 Å². The van der Waals surface area contributed by atoms with E-state index < -0.39 is 0 Å². The van der Waals surface area contributed by atoms with E-state index in [1.54, 1.807) is 0 Å². The fourth-order valence-electron chi connectivity index (χ4n) is 2.91. The molecule has 2 rings (SSSR count). The molecule has 18 heavy (non-hydrogen) atoms. The van der Waals surface area contributed by atoms with Crippen LogP contribution in [0.2, 0.25) is 0 Å². The molecule has 0 bridgehead atoms. The van der Waals surface area contributed by atoms with Gasteiger partial charge in [-0.15, -0.1) is 0 Å². The molecule has 2 heterocycles. The van der Waals surface area contributed by atoms with Crippen molar-refractivity contribution in [3.8, 4) is 0 Å². The highest BCUT2D eigenvalue weighted by atomic mass is 16.5. The van der Waals surface area contributed by atoms with Crippen molar-refractivity contribution in [2.24, 2.45) is 5.92 Å². The van der Waals surface area contributed by atoms with Gasteiger partial charge in [0, 0.05) is 38.2 Å². The van der Waals surface area contributed by atoms with Crippen molar-refractivity contribution in [2.45, 2.75) is 38.8 Å². The van der Waals surface area contributed by atoms with E-state index in [4.69, 9.17) is 9.47 Å². The topological polar surface area (TPSA) is 33.7 Å². The molecule has 0 amide bonds. The zero-order valence-corrected chi connectivity index (χ0v) is 11.9. The van der Waals surface area contributed by atoms with Crippen LogP contribution in [0.25, 0.3) is 0 Å². The van der Waals surface area contributed by atoms with Gasteiger partial charge < -0.3 is 14.8 Å². The van der Waals surface area contributed by atoms with E-state index in [1.807, 2.05) is 0 Å². The van der Waals surface area contributed by atoms with Crippen LogP contribution >= 0.6 is 0 Å². The molecule has 0 saturated carbocycles. The lowest BCUT2D eigenvalue weighted by atomic mass is 9.98. The van der Waals surface area contributed by atoms with Crippen LogP contribution in [0, 0.1) is 5.92 Å². The molecule has 2 aliphatic heterocycles. The van der Waals surface area contributed by atoms with Gasteiger partial charge in [-0.25, -0.2) is 0 Å². The van der Waals surface area contributed by atoms with Gasteiger partial charge in [0.1, 0.15) is 0 Å². The zero-order valence-electron chi connectivity index (χ0n) is 11.9. The summed E-state index contributed by atoms with van der Waals surface area (Å²) in [4.78, 5) is 2.54. The van der Waals surface area contributed by atoms with Crippen LogP contribution in [0.4, 0.5) is 0 Å². The number of morpholine rings is 1. The second-order valence-electron chi connectivity index (χ2n) is 5.63. The SMILES string of the molecule is CCCNC(CN1CCOC(C)C1)C1CCOC1. The first-order valence-electron chi connectivity index (χ1n) is 7.44. The van der Waals surface area contributed by atoms with Crippen LogP contribution in [0.3, 0.4) is 0 Å². The third-order valence-corrected chi connectivity index (χ3v) is 3.97. The first-order chi connectivity index (χ1) is 8.79. The summed E-state index contributed by atoms with van der Waals surface area (Å²) in [6, 6.07) is 0.581. The number of ether oxygens (including phenoxy) is 2. The summed E-state index contributed by atoms with van der Waals surface area (Å²) in [7, 11) is 0. The molecule has 0 aromatic rings. The van der Waals surface area contributed by atoms with E-state index in [0.29, 0.717) is 18.1 Å². The Hall–Kier alpha value is -0.160. The smallest absolute Gasteiger partial charge is 0.0674 e. The maximum absolute atomic E-state index is 5.61. The van der Waals surface area contributed by atoms with Gasteiger partial charge in [-0.05, 0) is 26.3 Å². The van der Waals surface area contributed by atoms with Gasteiger partial charge in [-0.3, -0.25) is 4.90 Å². The average Bonchev–Trinajstić information content (AvgIpc) is 2.88. The lowest BCUT2D eigenvalue weighted by Gasteiger charge is -2.35. The predicted molar refractivity (Wildman–Crippen MR) is 72.9 cm³/mol. The summed E-state index contributed by atoms with van der Waals surface area (Å²) in [6.45, 7) is 11.5. The normalized spacial score (nSPS) is 31.7. The largest absolute Gasteiger partial charge is 0.381 e. The summed E-state index contributed by atoms with van der Waals surface area (Å²) < 4.78 is 11.2. The lowest BCUT2D eigenvalue weighted by molar-refractivity contribution is -0.0232. The highest BCUT2D eigenvalue weighted by Crippen LogP contribution is 2.18. The average molecular weight is 256 g/mol. The lowest BCUT2D eigenvalue weighted by Crippen LogP contribution is -2.50. The van der Waals surface area contributed by atoms with Gasteiger partial charge in [0.2, 0.25) is 0 Å². The molecule has 106 valence electrons. The molecule has 4 nitrogen and oxygen atoms in total. The Balaban J connectivity index is 1.82. The monoisotopic (exact) mass is 256 g/mol. The summed E-state index contributed by atoms with van der Waals surface area (Å²) in [5.41, 5.74) is 0. The first kappa shape index (κ1) is 14.3. The van der Waals surface area contributed by atoms with Crippen LogP contribution < -0.4 is 5.32 Å². The number of nitrogens with one attached hydrogen (secondary N) is 1. The molecule has 0 aromatic heterocycles. The van der Waals surface area contributed by atoms with Crippen molar-refractivity contribution in [1.29, 1.82) is 0 Å². The molecule has 0 radical (unpaired) electrons. The second-order valence-corrected chi connectivity index (χ2v) is 5.63. The summed E-state index contributed by atoms with van der Waals surface area (Å²) in [5.74, 6) is 0.690. The molecule has 0 aliphatic carbocycles. The van der Waals surface area contributed by atoms with Crippen LogP contribution in [-0.2, 0) is 9.47 Å². The summed E-state index contributed by atoms with van der Waals surface area (Å²) in [6.07, 6.45) is 2.79. The van der Waals surface area contributed by atoms with Gasteiger partial charge in [0.25, 0.3) is 0 Å². The summed E-state index contributed by atoms with van der Waals surface area (Å²) >= 11 is 0. The van der Waals surface area contributed by atoms with Gasteiger partial charge in [-0.2, -0.15) is 0 Å². The highest BCUT2D eigenvalue weighted by molar-refractivity contribution is 4.83. The maximum atomic E-state index is 5.61. The molecular weight excluding hydrogens is 228 g/mol. The Kier molecular flexibility index (Phi) is 5.89. The third kappa shape index (κ3) is 4.19. The van der Waals surface area contributed by atoms with Crippen LogP contribution in [0.1, 0.15) is 26.7 Å².